The van der Waals surface area contributed by atoms with Crippen molar-refractivity contribution >= 4 is 50.7 Å². The van der Waals surface area contributed by atoms with Crippen molar-refractivity contribution in [2.75, 3.05) is 19.6 Å². The summed E-state index contributed by atoms with van der Waals surface area (Å²) in [7, 11) is 1.59. The third kappa shape index (κ3) is 6.63. The Morgan fingerprint density at radius 1 is 0.896 bits per heavy atom. The number of aliphatic hydroxyl groups excluding tert-OH is 1. The Morgan fingerprint density at radius 2 is 1.56 bits per heavy atom. The predicted molar refractivity (Wildman–Crippen MR) is 189 cm³/mol. The highest BCUT2D eigenvalue weighted by Crippen LogP contribution is 2.49. The number of pyridine rings is 1. The number of hydrogen-bond acceptors (Lipinski definition) is 6. The first-order valence-electron chi connectivity index (χ1n) is 15.7. The average molecular weight is 695 g/mol. The molecule has 0 bridgehead atoms. The molecule has 48 heavy (non-hydrogen) atoms. The molecule has 0 unspecified atom stereocenters. The number of piperidine rings is 1. The molecule has 13 heteroatoms. The standard InChI is InChI=1S/C35H38N4O7.2H2S/c1-37-17-7-11-27(31(37)42)30(41)36-23-14-18-38(19-15-23)32(43)26-13-16-35(22-8-3-2-4-9-22,28-12-6-5-10-25(26)28)34(46)39-21-24(40)20-29(39)33(44)45;;/h2-12,17,23-24,26,29,40H,13-16,18-21H2,1H3,(H,36,41)(H,44,45);2*1H2/t24-,26+,29+,35-;;/m1../s1. The smallest absolute Gasteiger partial charge is 0.326 e. The zero-order valence-electron chi connectivity index (χ0n) is 26.7. The van der Waals surface area contributed by atoms with Gasteiger partial charge in [0, 0.05) is 45.3 Å². The van der Waals surface area contributed by atoms with Gasteiger partial charge in [-0.2, -0.15) is 27.0 Å². The number of amides is 3. The molecular formula is C35H42N4O7S2. The van der Waals surface area contributed by atoms with Crippen molar-refractivity contribution in [3.63, 3.8) is 0 Å². The topological polar surface area (TPSA) is 149 Å². The van der Waals surface area contributed by atoms with Crippen molar-refractivity contribution in [2.24, 2.45) is 7.05 Å². The van der Waals surface area contributed by atoms with E-state index in [1.807, 2.05) is 54.6 Å². The fourth-order valence-electron chi connectivity index (χ4n) is 7.48. The summed E-state index contributed by atoms with van der Waals surface area (Å²) >= 11 is 0. The summed E-state index contributed by atoms with van der Waals surface area (Å²) in [6.45, 7) is 0.799. The molecule has 2 aliphatic heterocycles. The number of aromatic nitrogens is 1. The number of rotatable bonds is 6. The highest BCUT2D eigenvalue weighted by Gasteiger charge is 2.53. The monoisotopic (exact) mass is 694 g/mol. The molecule has 4 atom stereocenters. The van der Waals surface area contributed by atoms with Gasteiger partial charge in [-0.15, -0.1) is 0 Å². The summed E-state index contributed by atoms with van der Waals surface area (Å²) in [6.07, 6.45) is 2.37. The quantitative estimate of drug-likeness (QED) is 0.359. The highest BCUT2D eigenvalue weighted by molar-refractivity contribution is 7.59. The van der Waals surface area contributed by atoms with Gasteiger partial charge in [0.25, 0.3) is 11.5 Å². The Morgan fingerprint density at radius 3 is 2.25 bits per heavy atom. The van der Waals surface area contributed by atoms with Crippen molar-refractivity contribution in [2.45, 2.75) is 61.6 Å². The van der Waals surface area contributed by atoms with E-state index < -0.39 is 35.4 Å². The third-order valence-corrected chi connectivity index (χ3v) is 9.87. The van der Waals surface area contributed by atoms with Crippen molar-refractivity contribution in [3.05, 3.63) is 106 Å². The third-order valence-electron chi connectivity index (χ3n) is 9.87. The molecule has 3 heterocycles. The first-order valence-corrected chi connectivity index (χ1v) is 15.7. The number of nitrogens with one attached hydrogen (secondary N) is 1. The molecular weight excluding hydrogens is 653 g/mol. The molecule has 1 aliphatic carbocycles. The van der Waals surface area contributed by atoms with Gasteiger partial charge in [0.2, 0.25) is 11.8 Å². The molecule has 3 amide bonds. The molecule has 0 radical (unpaired) electrons. The van der Waals surface area contributed by atoms with E-state index >= 15 is 0 Å². The average Bonchev–Trinajstić information content (AvgIpc) is 3.47. The van der Waals surface area contributed by atoms with E-state index in [0.717, 1.165) is 5.56 Å². The van der Waals surface area contributed by atoms with Gasteiger partial charge in [0.15, 0.2) is 0 Å². The summed E-state index contributed by atoms with van der Waals surface area (Å²) in [4.78, 5) is 69.1. The first-order chi connectivity index (χ1) is 22.1. The SMILES string of the molecule is Cn1cccc(C(=O)NC2CCN(C(=O)[C@H]3CC[C@@](C(=O)N4C[C@H](O)C[C@H]4C(=O)O)(c4ccccc4)c4ccccc43)CC2)c1=O.S.S. The summed E-state index contributed by atoms with van der Waals surface area (Å²) in [5, 5.41) is 23.2. The molecule has 3 N–H and O–H groups in total. The van der Waals surface area contributed by atoms with Crippen LogP contribution < -0.4 is 10.9 Å². The number of carboxylic acids is 1. The first kappa shape index (κ1) is 36.8. The lowest BCUT2D eigenvalue weighted by atomic mass is 9.62. The van der Waals surface area contributed by atoms with E-state index in [2.05, 4.69) is 5.32 Å². The number of carboxylic acid groups (broad SMARTS) is 1. The van der Waals surface area contributed by atoms with Crippen molar-refractivity contribution < 1.29 is 29.4 Å². The Kier molecular flexibility index (Phi) is 11.5. The molecule has 1 aromatic heterocycles. The fraction of sp³-hybridized carbons (Fsp3) is 0.400. The summed E-state index contributed by atoms with van der Waals surface area (Å²) in [5.41, 5.74) is 0.613. The number of carbonyl (C=O) groups excluding carboxylic acids is 3. The molecule has 0 saturated carbocycles. The molecule has 11 nitrogen and oxygen atoms in total. The van der Waals surface area contributed by atoms with Crippen LogP contribution in [-0.4, -0.2) is 86.1 Å². The summed E-state index contributed by atoms with van der Waals surface area (Å²) in [6, 6.07) is 18.5. The van der Waals surface area contributed by atoms with Crippen LogP contribution in [0.25, 0.3) is 0 Å². The second-order valence-electron chi connectivity index (χ2n) is 12.6. The van der Waals surface area contributed by atoms with Crippen LogP contribution in [0, 0.1) is 0 Å². The van der Waals surface area contributed by atoms with Crippen LogP contribution >= 0.6 is 27.0 Å². The number of carbonyl (C=O) groups is 4. The number of nitrogens with zero attached hydrogens (tertiary/aromatic N) is 3. The molecule has 0 spiro atoms. The highest BCUT2D eigenvalue weighted by atomic mass is 32.1. The Bertz CT molecular complexity index is 1730. The van der Waals surface area contributed by atoms with E-state index in [4.69, 9.17) is 0 Å². The van der Waals surface area contributed by atoms with Crippen molar-refractivity contribution in [1.82, 2.24) is 19.7 Å². The number of aliphatic hydroxyl groups is 1. The number of aliphatic carboxylic acids is 1. The minimum absolute atomic E-state index is 0. The molecule has 3 aliphatic rings. The lowest BCUT2D eigenvalue weighted by Crippen LogP contribution is -2.54. The van der Waals surface area contributed by atoms with E-state index in [-0.39, 0.29) is 68.9 Å². The van der Waals surface area contributed by atoms with Gasteiger partial charge < -0.3 is 29.9 Å². The largest absolute Gasteiger partial charge is 0.480 e. The van der Waals surface area contributed by atoms with E-state index in [0.29, 0.717) is 49.9 Å². The maximum atomic E-state index is 14.6. The number of hydrogen-bond donors (Lipinski definition) is 3. The van der Waals surface area contributed by atoms with Gasteiger partial charge in [-0.3, -0.25) is 19.2 Å². The van der Waals surface area contributed by atoms with E-state index in [1.54, 1.807) is 24.2 Å². The Balaban J connectivity index is 0.00000260. The van der Waals surface area contributed by atoms with Gasteiger partial charge in [-0.25, -0.2) is 4.79 Å². The Hall–Kier alpha value is -4.07. The number of β-amino-alcohol motifs (C(OH)–C–C–N with tert-alkyl or cyclic N) is 1. The summed E-state index contributed by atoms with van der Waals surface area (Å²) < 4.78 is 1.36. The van der Waals surface area contributed by atoms with Gasteiger partial charge in [0.05, 0.1) is 17.4 Å². The van der Waals surface area contributed by atoms with Gasteiger partial charge in [-0.1, -0.05) is 54.6 Å². The van der Waals surface area contributed by atoms with E-state index in [9.17, 15) is 34.2 Å². The second-order valence-corrected chi connectivity index (χ2v) is 12.6. The maximum absolute atomic E-state index is 14.6. The molecule has 2 fully saturated rings. The van der Waals surface area contributed by atoms with Crippen LogP contribution in [0.3, 0.4) is 0 Å². The molecule has 6 rings (SSSR count). The number of aryl methyl sites for hydroxylation is 1. The summed E-state index contributed by atoms with van der Waals surface area (Å²) in [5.74, 6) is -2.52. The molecule has 2 aromatic carbocycles. The zero-order chi connectivity index (χ0) is 32.6. The minimum atomic E-state index is -1.22. The predicted octanol–water partition coefficient (Wildman–Crippen LogP) is 2.24. The van der Waals surface area contributed by atoms with Crippen LogP contribution in [0.15, 0.2) is 77.7 Å². The maximum Gasteiger partial charge on any atom is 0.326 e. The zero-order valence-corrected chi connectivity index (χ0v) is 28.7. The van der Waals surface area contributed by atoms with Crippen molar-refractivity contribution in [1.29, 1.82) is 0 Å². The lowest BCUT2D eigenvalue weighted by Gasteiger charge is -2.44. The molecule has 2 saturated heterocycles. The Labute approximate surface area is 292 Å². The van der Waals surface area contributed by atoms with Crippen LogP contribution in [-0.2, 0) is 26.8 Å². The van der Waals surface area contributed by atoms with E-state index in [1.165, 1.54) is 15.5 Å². The van der Waals surface area contributed by atoms with Gasteiger partial charge in [-0.05, 0) is 54.5 Å². The van der Waals surface area contributed by atoms with Crippen molar-refractivity contribution in [3.8, 4) is 0 Å². The van der Waals surface area contributed by atoms with Crippen LogP contribution in [0.5, 0.6) is 0 Å². The number of benzene rings is 2. The van der Waals surface area contributed by atoms with Crippen LogP contribution in [0.4, 0.5) is 0 Å². The number of fused-ring (bicyclic) bond motifs is 1. The van der Waals surface area contributed by atoms with Crippen LogP contribution in [0.2, 0.25) is 0 Å². The number of likely N-dealkylation sites (tertiary alicyclic amines) is 2. The molecule has 3 aromatic rings. The second kappa shape index (κ2) is 15.0. The molecule has 256 valence electrons. The lowest BCUT2D eigenvalue weighted by molar-refractivity contribution is -0.150. The normalized spacial score (nSPS) is 23.7. The fourth-order valence-corrected chi connectivity index (χ4v) is 7.48. The minimum Gasteiger partial charge on any atom is -0.480 e. The van der Waals surface area contributed by atoms with Gasteiger partial charge in [0.1, 0.15) is 11.6 Å². The van der Waals surface area contributed by atoms with Gasteiger partial charge >= 0.3 is 5.97 Å². The van der Waals surface area contributed by atoms with Crippen LogP contribution in [0.1, 0.15) is 65.1 Å².